The number of nitrogens with one attached hydrogen (secondary N) is 1. The van der Waals surface area contributed by atoms with E-state index >= 15 is 0 Å². The van der Waals surface area contributed by atoms with Crippen LogP contribution in [-0.2, 0) is 14.4 Å². The van der Waals surface area contributed by atoms with E-state index in [0.717, 1.165) is 0 Å². The normalized spacial score (nSPS) is 12.4. The number of alkyl halides is 2. The van der Waals surface area contributed by atoms with Crippen molar-refractivity contribution in [3.63, 3.8) is 0 Å². The van der Waals surface area contributed by atoms with Crippen molar-refractivity contribution in [3.8, 4) is 5.75 Å². The summed E-state index contributed by atoms with van der Waals surface area (Å²) >= 11 is 0. The zero-order valence-corrected chi connectivity index (χ0v) is 12.3. The Morgan fingerprint density at radius 3 is 2.64 bits per heavy atom. The molecule has 0 saturated heterocycles. The van der Waals surface area contributed by atoms with E-state index in [2.05, 4.69) is 15.2 Å². The van der Waals surface area contributed by atoms with Crippen LogP contribution >= 0.6 is 0 Å². The van der Waals surface area contributed by atoms with Crippen molar-refractivity contribution in [2.24, 2.45) is 5.16 Å². The van der Waals surface area contributed by atoms with Crippen molar-refractivity contribution in [2.45, 2.75) is 19.6 Å². The fourth-order valence-electron chi connectivity index (χ4n) is 1.54. The summed E-state index contributed by atoms with van der Waals surface area (Å²) in [5, 5.41) is 6.27. The molecule has 1 amide bonds. The SMILES string of the molecule is COCC(C)NC(=O)CON=Cc1ccc(OC(F)F)cc1. The van der Waals surface area contributed by atoms with Crippen LogP contribution in [0.1, 0.15) is 12.5 Å². The van der Waals surface area contributed by atoms with Crippen LogP contribution in [0.5, 0.6) is 5.75 Å². The van der Waals surface area contributed by atoms with Gasteiger partial charge in [0.05, 0.1) is 12.8 Å². The molecule has 1 atom stereocenters. The topological polar surface area (TPSA) is 69.2 Å². The van der Waals surface area contributed by atoms with Crippen LogP contribution in [0.2, 0.25) is 0 Å². The smallest absolute Gasteiger partial charge is 0.387 e. The molecule has 0 aliphatic rings. The van der Waals surface area contributed by atoms with Crippen LogP contribution in [0, 0.1) is 0 Å². The Labute approximate surface area is 127 Å². The lowest BCUT2D eigenvalue weighted by Gasteiger charge is -2.11. The average Bonchev–Trinajstić information content (AvgIpc) is 2.45. The minimum absolute atomic E-state index is 0.0552. The average molecular weight is 316 g/mol. The van der Waals surface area contributed by atoms with Crippen LogP contribution in [0.3, 0.4) is 0 Å². The summed E-state index contributed by atoms with van der Waals surface area (Å²) in [6.07, 6.45) is 1.36. The molecule has 0 bridgehead atoms. The van der Waals surface area contributed by atoms with Gasteiger partial charge in [0, 0.05) is 13.2 Å². The number of rotatable bonds is 9. The number of benzene rings is 1. The molecule has 122 valence electrons. The first-order chi connectivity index (χ1) is 10.5. The van der Waals surface area contributed by atoms with Gasteiger partial charge >= 0.3 is 6.61 Å². The highest BCUT2D eigenvalue weighted by atomic mass is 19.3. The third kappa shape index (κ3) is 7.53. The van der Waals surface area contributed by atoms with Crippen LogP contribution in [0.15, 0.2) is 29.4 Å². The monoisotopic (exact) mass is 316 g/mol. The zero-order chi connectivity index (χ0) is 16.4. The molecule has 6 nitrogen and oxygen atoms in total. The van der Waals surface area contributed by atoms with Crippen molar-refractivity contribution in [1.82, 2.24) is 5.32 Å². The molecule has 0 heterocycles. The standard InChI is InChI=1S/C14H18F2N2O4/c1-10(8-20-2)18-13(19)9-21-17-7-11-3-5-12(6-4-11)22-14(15)16/h3-7,10,14H,8-9H2,1-2H3,(H,18,19). The quantitative estimate of drug-likeness (QED) is 0.557. The predicted molar refractivity (Wildman–Crippen MR) is 76.1 cm³/mol. The Kier molecular flexibility index (Phi) is 7.84. The Bertz CT molecular complexity index is 480. The van der Waals surface area contributed by atoms with Crippen LogP contribution in [0.4, 0.5) is 8.78 Å². The van der Waals surface area contributed by atoms with Gasteiger partial charge in [0.2, 0.25) is 0 Å². The summed E-state index contributed by atoms with van der Waals surface area (Å²) in [5.74, 6) is -0.262. The second kappa shape index (κ2) is 9.67. The Morgan fingerprint density at radius 2 is 2.05 bits per heavy atom. The molecule has 0 fully saturated rings. The number of methoxy groups -OCH3 is 1. The second-order valence-corrected chi connectivity index (χ2v) is 4.38. The molecule has 0 spiro atoms. The van der Waals surface area contributed by atoms with Gasteiger partial charge in [-0.25, -0.2) is 0 Å². The molecule has 0 aliphatic heterocycles. The molecule has 0 radical (unpaired) electrons. The van der Waals surface area contributed by atoms with E-state index in [-0.39, 0.29) is 24.3 Å². The summed E-state index contributed by atoms with van der Waals surface area (Å²) in [6.45, 7) is -0.880. The molecule has 22 heavy (non-hydrogen) atoms. The number of oxime groups is 1. The molecule has 1 N–H and O–H groups in total. The summed E-state index contributed by atoms with van der Waals surface area (Å²) in [6, 6.07) is 5.71. The molecular formula is C14H18F2N2O4. The number of carbonyl (C=O) groups excluding carboxylic acids is 1. The molecule has 1 rings (SSSR count). The first-order valence-corrected chi connectivity index (χ1v) is 6.49. The maximum absolute atomic E-state index is 12.0. The molecule has 0 saturated carbocycles. The third-order valence-corrected chi connectivity index (χ3v) is 2.40. The van der Waals surface area contributed by atoms with Gasteiger partial charge in [0.25, 0.3) is 5.91 Å². The van der Waals surface area contributed by atoms with Crippen molar-refractivity contribution < 1.29 is 27.9 Å². The Hall–Kier alpha value is -2.22. The van der Waals surface area contributed by atoms with E-state index in [0.29, 0.717) is 12.2 Å². The fraction of sp³-hybridized carbons (Fsp3) is 0.429. The van der Waals surface area contributed by atoms with Gasteiger partial charge in [-0.15, -0.1) is 0 Å². The number of halogens is 2. The van der Waals surface area contributed by atoms with E-state index in [1.165, 1.54) is 30.5 Å². The summed E-state index contributed by atoms with van der Waals surface area (Å²) in [7, 11) is 1.54. The van der Waals surface area contributed by atoms with Crippen molar-refractivity contribution in [3.05, 3.63) is 29.8 Å². The highest BCUT2D eigenvalue weighted by Crippen LogP contribution is 2.13. The molecule has 1 unspecified atom stereocenters. The van der Waals surface area contributed by atoms with Crippen LogP contribution in [-0.4, -0.2) is 45.1 Å². The van der Waals surface area contributed by atoms with Crippen LogP contribution in [0.25, 0.3) is 0 Å². The van der Waals surface area contributed by atoms with Crippen molar-refractivity contribution in [1.29, 1.82) is 0 Å². The molecule has 0 aromatic heterocycles. The van der Waals surface area contributed by atoms with Gasteiger partial charge < -0.3 is 19.6 Å². The fourth-order valence-corrected chi connectivity index (χ4v) is 1.54. The highest BCUT2D eigenvalue weighted by Gasteiger charge is 2.06. The predicted octanol–water partition coefficient (Wildman–Crippen LogP) is 1.79. The van der Waals surface area contributed by atoms with Crippen molar-refractivity contribution >= 4 is 12.1 Å². The first kappa shape index (κ1) is 17.8. The number of hydrogen-bond acceptors (Lipinski definition) is 5. The van der Waals surface area contributed by atoms with Crippen LogP contribution < -0.4 is 10.1 Å². The minimum atomic E-state index is -2.86. The van der Waals surface area contributed by atoms with Gasteiger partial charge in [0.15, 0.2) is 6.61 Å². The zero-order valence-electron chi connectivity index (χ0n) is 12.3. The number of nitrogens with zero attached hydrogens (tertiary/aromatic N) is 1. The van der Waals surface area contributed by atoms with Gasteiger partial charge in [-0.2, -0.15) is 8.78 Å². The largest absolute Gasteiger partial charge is 0.435 e. The molecule has 1 aromatic carbocycles. The van der Waals surface area contributed by atoms with Gasteiger partial charge in [0.1, 0.15) is 5.75 Å². The molecule has 8 heteroatoms. The van der Waals surface area contributed by atoms with Crippen molar-refractivity contribution in [2.75, 3.05) is 20.3 Å². The van der Waals surface area contributed by atoms with E-state index in [9.17, 15) is 13.6 Å². The lowest BCUT2D eigenvalue weighted by molar-refractivity contribution is -0.126. The molecular weight excluding hydrogens is 298 g/mol. The first-order valence-electron chi connectivity index (χ1n) is 6.49. The number of amides is 1. The summed E-state index contributed by atoms with van der Waals surface area (Å²) in [4.78, 5) is 16.3. The van der Waals surface area contributed by atoms with E-state index in [1.54, 1.807) is 14.0 Å². The summed E-state index contributed by atoms with van der Waals surface area (Å²) in [5.41, 5.74) is 0.620. The number of ether oxygens (including phenoxy) is 2. The van der Waals surface area contributed by atoms with Gasteiger partial charge in [-0.05, 0) is 36.8 Å². The lowest BCUT2D eigenvalue weighted by Crippen LogP contribution is -2.37. The maximum Gasteiger partial charge on any atom is 0.387 e. The molecule has 0 aliphatic carbocycles. The number of carbonyl (C=O) groups is 1. The Morgan fingerprint density at radius 1 is 1.36 bits per heavy atom. The highest BCUT2D eigenvalue weighted by molar-refractivity contribution is 5.80. The summed E-state index contributed by atoms with van der Waals surface area (Å²) < 4.78 is 33.0. The van der Waals surface area contributed by atoms with E-state index < -0.39 is 6.61 Å². The maximum atomic E-state index is 12.0. The third-order valence-electron chi connectivity index (χ3n) is 2.40. The van der Waals surface area contributed by atoms with E-state index in [4.69, 9.17) is 9.57 Å². The number of hydrogen-bond donors (Lipinski definition) is 1. The van der Waals surface area contributed by atoms with Gasteiger partial charge in [-0.3, -0.25) is 4.79 Å². The van der Waals surface area contributed by atoms with E-state index in [1.807, 2.05) is 0 Å². The second-order valence-electron chi connectivity index (χ2n) is 4.38. The molecule has 1 aromatic rings. The lowest BCUT2D eigenvalue weighted by atomic mass is 10.2. The minimum Gasteiger partial charge on any atom is -0.435 e. The van der Waals surface area contributed by atoms with Gasteiger partial charge in [-0.1, -0.05) is 5.16 Å². The Balaban J connectivity index is 2.32.